The third-order valence-corrected chi connectivity index (χ3v) is 3.48. The second kappa shape index (κ2) is 8.71. The number of alkyl carbamates (subject to hydrolysis) is 1. The molecule has 0 saturated carbocycles. The van der Waals surface area contributed by atoms with E-state index in [-0.39, 0.29) is 25.3 Å². The van der Waals surface area contributed by atoms with Crippen LogP contribution < -0.4 is 5.32 Å². The van der Waals surface area contributed by atoms with Crippen LogP contribution in [0.4, 0.5) is 9.59 Å². The van der Waals surface area contributed by atoms with Crippen LogP contribution in [0.1, 0.15) is 26.3 Å². The quantitative estimate of drug-likeness (QED) is 0.903. The van der Waals surface area contributed by atoms with Crippen molar-refractivity contribution < 1.29 is 23.8 Å². The number of amides is 2. The third kappa shape index (κ3) is 7.01. The molecule has 7 heteroatoms. The molecule has 1 heterocycles. The van der Waals surface area contributed by atoms with E-state index in [0.717, 1.165) is 5.56 Å². The zero-order valence-electron chi connectivity index (χ0n) is 15.0. The summed E-state index contributed by atoms with van der Waals surface area (Å²) < 4.78 is 16.1. The molecular weight excluding hydrogens is 324 g/mol. The van der Waals surface area contributed by atoms with E-state index in [1.54, 1.807) is 25.7 Å². The number of carbonyl (C=O) groups is 2. The first kappa shape index (κ1) is 19.1. The summed E-state index contributed by atoms with van der Waals surface area (Å²) in [5.41, 5.74) is 0.386. The highest BCUT2D eigenvalue weighted by Crippen LogP contribution is 2.10. The fourth-order valence-electron chi connectivity index (χ4n) is 2.33. The van der Waals surface area contributed by atoms with E-state index in [1.807, 2.05) is 30.3 Å². The van der Waals surface area contributed by atoms with E-state index in [2.05, 4.69) is 5.32 Å². The predicted octanol–water partition coefficient (Wildman–Crippen LogP) is 2.55. The predicted molar refractivity (Wildman–Crippen MR) is 92.2 cm³/mol. The van der Waals surface area contributed by atoms with Crippen molar-refractivity contribution in [2.24, 2.45) is 0 Å². The van der Waals surface area contributed by atoms with Gasteiger partial charge in [0, 0.05) is 13.1 Å². The van der Waals surface area contributed by atoms with Crippen molar-refractivity contribution in [3.05, 3.63) is 35.9 Å². The van der Waals surface area contributed by atoms with Gasteiger partial charge >= 0.3 is 12.2 Å². The maximum absolute atomic E-state index is 12.2. The Morgan fingerprint density at radius 3 is 2.68 bits per heavy atom. The molecule has 1 aliphatic heterocycles. The SMILES string of the molecule is CC(C)(C)OC(=O)NC[C@H]1CN(C(=O)OCc2ccccc2)CCO1. The van der Waals surface area contributed by atoms with Gasteiger partial charge < -0.3 is 24.4 Å². The molecule has 2 rings (SSSR count). The Balaban J connectivity index is 1.74. The summed E-state index contributed by atoms with van der Waals surface area (Å²) in [4.78, 5) is 25.5. The second-order valence-corrected chi connectivity index (χ2v) is 6.86. The maximum atomic E-state index is 12.2. The summed E-state index contributed by atoms with van der Waals surface area (Å²) in [5.74, 6) is 0. The second-order valence-electron chi connectivity index (χ2n) is 6.86. The van der Waals surface area contributed by atoms with Crippen molar-refractivity contribution >= 4 is 12.2 Å². The minimum absolute atomic E-state index is 0.234. The fraction of sp³-hybridized carbons (Fsp3) is 0.556. The molecule has 1 N–H and O–H groups in total. The first-order chi connectivity index (χ1) is 11.8. The lowest BCUT2D eigenvalue weighted by Crippen LogP contribution is -2.50. The molecule has 1 saturated heterocycles. The van der Waals surface area contributed by atoms with E-state index < -0.39 is 11.7 Å². The minimum Gasteiger partial charge on any atom is -0.445 e. The van der Waals surface area contributed by atoms with Gasteiger partial charge in [0.05, 0.1) is 19.3 Å². The van der Waals surface area contributed by atoms with Crippen molar-refractivity contribution in [2.75, 3.05) is 26.2 Å². The molecule has 0 unspecified atom stereocenters. The number of nitrogens with zero attached hydrogens (tertiary/aromatic N) is 1. The summed E-state index contributed by atoms with van der Waals surface area (Å²) in [7, 11) is 0. The van der Waals surface area contributed by atoms with Crippen LogP contribution in [0, 0.1) is 0 Å². The van der Waals surface area contributed by atoms with Gasteiger partial charge in [0.15, 0.2) is 0 Å². The first-order valence-electron chi connectivity index (χ1n) is 8.37. The van der Waals surface area contributed by atoms with Gasteiger partial charge in [-0.1, -0.05) is 30.3 Å². The molecule has 7 nitrogen and oxygen atoms in total. The molecule has 0 aromatic heterocycles. The van der Waals surface area contributed by atoms with E-state index in [4.69, 9.17) is 14.2 Å². The van der Waals surface area contributed by atoms with Crippen LogP contribution in [0.25, 0.3) is 0 Å². The number of morpholine rings is 1. The minimum atomic E-state index is -0.551. The van der Waals surface area contributed by atoms with Gasteiger partial charge in [0.25, 0.3) is 0 Å². The largest absolute Gasteiger partial charge is 0.445 e. The number of rotatable bonds is 4. The van der Waals surface area contributed by atoms with Crippen LogP contribution in [-0.4, -0.2) is 55.0 Å². The van der Waals surface area contributed by atoms with E-state index in [9.17, 15) is 9.59 Å². The zero-order chi connectivity index (χ0) is 18.3. The Bertz CT molecular complexity index is 571. The van der Waals surface area contributed by atoms with Gasteiger partial charge in [0.1, 0.15) is 12.2 Å². The van der Waals surface area contributed by atoms with Crippen molar-refractivity contribution in [2.45, 2.75) is 39.1 Å². The highest BCUT2D eigenvalue weighted by molar-refractivity contribution is 5.68. The van der Waals surface area contributed by atoms with Gasteiger partial charge in [-0.3, -0.25) is 0 Å². The van der Waals surface area contributed by atoms with Crippen LogP contribution in [0.5, 0.6) is 0 Å². The molecule has 138 valence electrons. The summed E-state index contributed by atoms with van der Waals surface area (Å²) in [6, 6.07) is 9.52. The molecule has 0 aliphatic carbocycles. The van der Waals surface area contributed by atoms with Gasteiger partial charge in [0.2, 0.25) is 0 Å². The van der Waals surface area contributed by atoms with Crippen LogP contribution in [0.2, 0.25) is 0 Å². The normalized spacial score (nSPS) is 17.7. The summed E-state index contributed by atoms with van der Waals surface area (Å²) >= 11 is 0. The smallest absolute Gasteiger partial charge is 0.410 e. The van der Waals surface area contributed by atoms with Gasteiger partial charge in [-0.25, -0.2) is 9.59 Å². The first-order valence-corrected chi connectivity index (χ1v) is 8.37. The van der Waals surface area contributed by atoms with Crippen molar-refractivity contribution in [1.82, 2.24) is 10.2 Å². The van der Waals surface area contributed by atoms with Crippen LogP contribution in [-0.2, 0) is 20.8 Å². The Morgan fingerprint density at radius 2 is 2.00 bits per heavy atom. The lowest BCUT2D eigenvalue weighted by Gasteiger charge is -2.32. The average molecular weight is 350 g/mol. The number of benzene rings is 1. The lowest BCUT2D eigenvalue weighted by atomic mass is 10.2. The zero-order valence-corrected chi connectivity index (χ0v) is 15.0. The number of hydrogen-bond acceptors (Lipinski definition) is 5. The van der Waals surface area contributed by atoms with Crippen LogP contribution >= 0.6 is 0 Å². The molecule has 1 aromatic carbocycles. The van der Waals surface area contributed by atoms with E-state index >= 15 is 0 Å². The maximum Gasteiger partial charge on any atom is 0.410 e. The number of hydrogen-bond donors (Lipinski definition) is 1. The van der Waals surface area contributed by atoms with E-state index in [0.29, 0.717) is 19.7 Å². The Kier molecular flexibility index (Phi) is 6.64. The summed E-state index contributed by atoms with van der Waals surface area (Å²) in [5, 5.41) is 2.66. The van der Waals surface area contributed by atoms with Crippen LogP contribution in [0.3, 0.4) is 0 Å². The Labute approximate surface area is 148 Å². The molecule has 1 aliphatic rings. The van der Waals surface area contributed by atoms with Gasteiger partial charge in [-0.05, 0) is 26.3 Å². The highest BCUT2D eigenvalue weighted by Gasteiger charge is 2.26. The summed E-state index contributed by atoms with van der Waals surface area (Å²) in [6.07, 6.45) is -1.17. The summed E-state index contributed by atoms with van der Waals surface area (Å²) in [6.45, 7) is 7.15. The third-order valence-electron chi connectivity index (χ3n) is 3.48. The lowest BCUT2D eigenvalue weighted by molar-refractivity contribution is -0.0282. The topological polar surface area (TPSA) is 77.1 Å². The number of nitrogens with one attached hydrogen (secondary N) is 1. The standard InChI is InChI=1S/C18H26N2O5/c1-18(2,3)25-16(21)19-11-15-12-20(9-10-23-15)17(22)24-13-14-7-5-4-6-8-14/h4-8,15H,9-13H2,1-3H3,(H,19,21)/t15-/m0/s1. The van der Waals surface area contributed by atoms with Crippen molar-refractivity contribution in [3.8, 4) is 0 Å². The monoisotopic (exact) mass is 350 g/mol. The van der Waals surface area contributed by atoms with Crippen molar-refractivity contribution in [1.29, 1.82) is 0 Å². The molecule has 25 heavy (non-hydrogen) atoms. The Hall–Kier alpha value is -2.28. The Morgan fingerprint density at radius 1 is 1.28 bits per heavy atom. The van der Waals surface area contributed by atoms with Gasteiger partial charge in [-0.2, -0.15) is 0 Å². The average Bonchev–Trinajstić information content (AvgIpc) is 2.57. The van der Waals surface area contributed by atoms with Crippen molar-refractivity contribution in [3.63, 3.8) is 0 Å². The van der Waals surface area contributed by atoms with Crippen LogP contribution in [0.15, 0.2) is 30.3 Å². The molecule has 0 bridgehead atoms. The van der Waals surface area contributed by atoms with Gasteiger partial charge in [-0.15, -0.1) is 0 Å². The molecule has 2 amide bonds. The number of ether oxygens (including phenoxy) is 3. The fourth-order valence-corrected chi connectivity index (χ4v) is 2.33. The number of carbonyl (C=O) groups excluding carboxylic acids is 2. The molecule has 0 spiro atoms. The van der Waals surface area contributed by atoms with E-state index in [1.165, 1.54) is 0 Å². The molecule has 1 atom stereocenters. The molecular formula is C18H26N2O5. The highest BCUT2D eigenvalue weighted by atomic mass is 16.6. The molecule has 0 radical (unpaired) electrons. The molecule has 1 aromatic rings. The molecule has 1 fully saturated rings.